The molecule has 2 atom stereocenters. The molecule has 0 saturated heterocycles. The lowest BCUT2D eigenvalue weighted by Crippen LogP contribution is -2.32. The molecule has 0 unspecified atom stereocenters. The first kappa shape index (κ1) is 16.3. The van der Waals surface area contributed by atoms with Gasteiger partial charge in [-0.15, -0.1) is 0 Å². The van der Waals surface area contributed by atoms with Crippen LogP contribution in [0.15, 0.2) is 71.4 Å². The zero-order valence-corrected chi connectivity index (χ0v) is 13.1. The molecule has 3 rings (SSSR count). The molecule has 24 heavy (non-hydrogen) atoms. The zero-order chi connectivity index (χ0) is 17.3. The van der Waals surface area contributed by atoms with Crippen molar-refractivity contribution in [2.75, 3.05) is 0 Å². The van der Waals surface area contributed by atoms with E-state index in [1.54, 1.807) is 0 Å². The molecule has 5 heteroatoms. The van der Waals surface area contributed by atoms with E-state index in [1.165, 1.54) is 6.08 Å². The van der Waals surface area contributed by atoms with Crippen LogP contribution in [-0.2, 0) is 0 Å². The van der Waals surface area contributed by atoms with E-state index in [4.69, 9.17) is 5.73 Å². The second-order valence-corrected chi connectivity index (χ2v) is 5.91. The van der Waals surface area contributed by atoms with Crippen molar-refractivity contribution in [1.82, 2.24) is 0 Å². The smallest absolute Gasteiger partial charge is 0.387 e. The van der Waals surface area contributed by atoms with Crippen molar-refractivity contribution >= 4 is 5.84 Å². The van der Waals surface area contributed by atoms with Crippen LogP contribution in [0, 0.1) is 6.92 Å². The lowest BCUT2D eigenvalue weighted by molar-refractivity contribution is -0.0929. The van der Waals surface area contributed by atoms with Crippen LogP contribution in [-0.4, -0.2) is 12.0 Å². The van der Waals surface area contributed by atoms with Crippen LogP contribution >= 0.6 is 0 Å². The molecule has 1 aliphatic heterocycles. The number of hydrogen-bond acceptors (Lipinski definition) is 2. The SMILES string of the molecule is Cc1ccc([C@@H]2C=C(C(F)(F)F)N=C(N)[C@H]2c2ccccc2)cc1. The van der Waals surface area contributed by atoms with Crippen LogP contribution in [0.1, 0.15) is 28.5 Å². The fraction of sp³-hybridized carbons (Fsp3) is 0.211. The molecule has 0 spiro atoms. The van der Waals surface area contributed by atoms with Gasteiger partial charge in [0.25, 0.3) is 0 Å². The first-order valence-electron chi connectivity index (χ1n) is 7.61. The van der Waals surface area contributed by atoms with E-state index in [9.17, 15) is 13.2 Å². The maximum absolute atomic E-state index is 13.2. The van der Waals surface area contributed by atoms with Gasteiger partial charge in [-0.2, -0.15) is 13.2 Å². The number of alkyl halides is 3. The number of nitrogens with two attached hydrogens (primary N) is 1. The molecule has 2 nitrogen and oxygen atoms in total. The maximum atomic E-state index is 13.2. The van der Waals surface area contributed by atoms with Gasteiger partial charge < -0.3 is 5.73 Å². The third-order valence-corrected chi connectivity index (χ3v) is 4.18. The summed E-state index contributed by atoms with van der Waals surface area (Å²) < 4.78 is 39.5. The van der Waals surface area contributed by atoms with Crippen LogP contribution in [0.4, 0.5) is 13.2 Å². The number of hydrogen-bond donors (Lipinski definition) is 1. The Morgan fingerprint density at radius 2 is 1.54 bits per heavy atom. The molecule has 0 fully saturated rings. The van der Waals surface area contributed by atoms with E-state index in [-0.39, 0.29) is 5.84 Å². The predicted octanol–water partition coefficient (Wildman–Crippen LogP) is 4.68. The fourth-order valence-electron chi connectivity index (χ4n) is 2.97. The summed E-state index contributed by atoms with van der Waals surface area (Å²) in [6.45, 7) is 1.94. The summed E-state index contributed by atoms with van der Waals surface area (Å²) in [5.41, 5.74) is 7.72. The lowest BCUT2D eigenvalue weighted by Gasteiger charge is -2.30. The molecule has 1 heterocycles. The molecule has 2 aromatic rings. The van der Waals surface area contributed by atoms with Crippen LogP contribution < -0.4 is 5.73 Å². The fourth-order valence-corrected chi connectivity index (χ4v) is 2.97. The van der Waals surface area contributed by atoms with Gasteiger partial charge in [0.05, 0.1) is 5.92 Å². The average molecular weight is 330 g/mol. The standard InChI is InChI=1S/C19H17F3N2/c1-12-7-9-13(10-8-12)15-11-16(19(20,21)22)24-18(23)17(15)14-5-3-2-4-6-14/h2-11,15,17H,1H3,(H2,23,24)/t15-,17-/m0/s1. The molecular formula is C19H17F3N2. The van der Waals surface area contributed by atoms with Gasteiger partial charge in [0.1, 0.15) is 11.5 Å². The van der Waals surface area contributed by atoms with Crippen molar-refractivity contribution in [3.8, 4) is 0 Å². The van der Waals surface area contributed by atoms with Gasteiger partial charge in [-0.05, 0) is 24.1 Å². The number of aliphatic imine (C=N–C) groups is 1. The van der Waals surface area contributed by atoms with Crippen LogP contribution in [0.2, 0.25) is 0 Å². The monoisotopic (exact) mass is 330 g/mol. The topological polar surface area (TPSA) is 38.4 Å². The van der Waals surface area contributed by atoms with Crippen molar-refractivity contribution in [3.63, 3.8) is 0 Å². The van der Waals surface area contributed by atoms with Crippen molar-refractivity contribution in [2.45, 2.75) is 24.9 Å². The van der Waals surface area contributed by atoms with Crippen molar-refractivity contribution < 1.29 is 13.2 Å². The Morgan fingerprint density at radius 1 is 0.917 bits per heavy atom. The quantitative estimate of drug-likeness (QED) is 0.853. The summed E-state index contributed by atoms with van der Waals surface area (Å²) in [6, 6.07) is 16.7. The molecule has 0 radical (unpaired) electrons. The third-order valence-electron chi connectivity index (χ3n) is 4.18. The summed E-state index contributed by atoms with van der Waals surface area (Å²) in [4.78, 5) is 3.64. The molecule has 0 amide bonds. The van der Waals surface area contributed by atoms with Crippen molar-refractivity contribution in [2.24, 2.45) is 10.7 Å². The number of aryl methyl sites for hydroxylation is 1. The van der Waals surface area contributed by atoms with Crippen LogP contribution in [0.3, 0.4) is 0 Å². The summed E-state index contributed by atoms with van der Waals surface area (Å²) in [6.07, 6.45) is -3.34. The molecule has 124 valence electrons. The Hall–Kier alpha value is -2.56. The molecule has 2 N–H and O–H groups in total. The van der Waals surface area contributed by atoms with Crippen molar-refractivity contribution in [3.05, 3.63) is 83.1 Å². The highest BCUT2D eigenvalue weighted by molar-refractivity contribution is 5.91. The van der Waals surface area contributed by atoms with E-state index >= 15 is 0 Å². The second-order valence-electron chi connectivity index (χ2n) is 5.91. The Morgan fingerprint density at radius 3 is 2.12 bits per heavy atom. The summed E-state index contributed by atoms with van der Waals surface area (Å²) in [7, 11) is 0. The Kier molecular flexibility index (Phi) is 4.18. The molecular weight excluding hydrogens is 313 g/mol. The van der Waals surface area contributed by atoms with E-state index in [0.717, 1.165) is 16.7 Å². The zero-order valence-electron chi connectivity index (χ0n) is 13.1. The van der Waals surface area contributed by atoms with E-state index < -0.39 is 23.7 Å². The van der Waals surface area contributed by atoms with Gasteiger partial charge in [0, 0.05) is 5.92 Å². The van der Waals surface area contributed by atoms with Crippen LogP contribution in [0.25, 0.3) is 0 Å². The minimum Gasteiger partial charge on any atom is -0.387 e. The summed E-state index contributed by atoms with van der Waals surface area (Å²) >= 11 is 0. The minimum absolute atomic E-state index is 0.0124. The average Bonchev–Trinajstić information content (AvgIpc) is 2.55. The summed E-state index contributed by atoms with van der Waals surface area (Å²) in [5, 5.41) is 0. The van der Waals surface area contributed by atoms with E-state index in [2.05, 4.69) is 4.99 Å². The highest BCUT2D eigenvalue weighted by Crippen LogP contribution is 2.41. The van der Waals surface area contributed by atoms with Gasteiger partial charge >= 0.3 is 6.18 Å². The lowest BCUT2D eigenvalue weighted by atomic mass is 9.78. The maximum Gasteiger partial charge on any atom is 0.433 e. The van der Waals surface area contributed by atoms with E-state index in [1.807, 2.05) is 61.5 Å². The Labute approximate surface area is 138 Å². The minimum atomic E-state index is -4.52. The number of benzene rings is 2. The molecule has 1 aliphatic rings. The van der Waals surface area contributed by atoms with Gasteiger partial charge in [-0.25, -0.2) is 4.99 Å². The van der Waals surface area contributed by atoms with Gasteiger partial charge in [0.15, 0.2) is 0 Å². The third kappa shape index (κ3) is 3.20. The highest BCUT2D eigenvalue weighted by Gasteiger charge is 2.40. The number of nitrogens with zero attached hydrogens (tertiary/aromatic N) is 1. The van der Waals surface area contributed by atoms with E-state index in [0.29, 0.717) is 0 Å². The molecule has 0 aliphatic carbocycles. The van der Waals surface area contributed by atoms with Gasteiger partial charge in [0.2, 0.25) is 0 Å². The number of amidine groups is 1. The Balaban J connectivity index is 2.12. The largest absolute Gasteiger partial charge is 0.433 e. The molecule has 2 aromatic carbocycles. The number of allylic oxidation sites excluding steroid dienone is 2. The second kappa shape index (κ2) is 6.15. The van der Waals surface area contributed by atoms with Gasteiger partial charge in [-0.3, -0.25) is 0 Å². The van der Waals surface area contributed by atoms with Crippen molar-refractivity contribution in [1.29, 1.82) is 0 Å². The first-order valence-corrected chi connectivity index (χ1v) is 7.61. The predicted molar refractivity (Wildman–Crippen MR) is 88.9 cm³/mol. The highest BCUT2D eigenvalue weighted by atomic mass is 19.4. The number of halogens is 3. The molecule has 0 saturated carbocycles. The Bertz CT molecular complexity index is 775. The molecule has 0 bridgehead atoms. The number of rotatable bonds is 2. The van der Waals surface area contributed by atoms with Gasteiger partial charge in [-0.1, -0.05) is 60.2 Å². The molecule has 0 aromatic heterocycles. The summed E-state index contributed by atoms with van der Waals surface area (Å²) in [5.74, 6) is -0.941. The first-order chi connectivity index (χ1) is 11.4. The normalized spacial score (nSPS) is 21.2. The van der Waals surface area contributed by atoms with Crippen LogP contribution in [0.5, 0.6) is 0 Å².